The lowest BCUT2D eigenvalue weighted by Crippen LogP contribution is -2.57. The second kappa shape index (κ2) is 11.2. The zero-order valence-electron chi connectivity index (χ0n) is 17.7. The maximum absolute atomic E-state index is 12.6. The molecule has 3 rings (SSSR count). The van der Waals surface area contributed by atoms with Crippen LogP contribution in [0.3, 0.4) is 0 Å². The molecule has 31 heavy (non-hydrogen) atoms. The van der Waals surface area contributed by atoms with Crippen molar-refractivity contribution < 1.29 is 34.0 Å². The van der Waals surface area contributed by atoms with E-state index in [-0.39, 0.29) is 19.3 Å². The topological polar surface area (TPSA) is 97.7 Å². The summed E-state index contributed by atoms with van der Waals surface area (Å²) in [5.41, 5.74) is 1.72. The summed E-state index contributed by atoms with van der Waals surface area (Å²) in [5, 5.41) is 20.6. The van der Waals surface area contributed by atoms with Gasteiger partial charge in [0, 0.05) is 7.05 Å². The molecular formula is C23H29NO7. The SMILES string of the molecule is C[C@@H]1C[C@H](N(C)C(=O)OCc2ccccc2)[C@@H](OC(O)OCc2ccccc2)[C@H](O)O1. The van der Waals surface area contributed by atoms with Crippen molar-refractivity contribution in [1.29, 1.82) is 0 Å². The summed E-state index contributed by atoms with van der Waals surface area (Å²) in [7, 11) is 1.57. The van der Waals surface area contributed by atoms with Crippen LogP contribution >= 0.6 is 0 Å². The number of nitrogens with zero attached hydrogens (tertiary/aromatic N) is 1. The Morgan fingerprint density at radius 2 is 1.68 bits per heavy atom. The molecule has 1 fully saturated rings. The lowest BCUT2D eigenvalue weighted by atomic mass is 9.99. The number of carbonyl (C=O) groups is 1. The number of hydrogen-bond acceptors (Lipinski definition) is 7. The second-order valence-electron chi connectivity index (χ2n) is 7.50. The van der Waals surface area contributed by atoms with Crippen molar-refractivity contribution in [3.05, 3.63) is 71.8 Å². The summed E-state index contributed by atoms with van der Waals surface area (Å²) in [4.78, 5) is 14.0. The Hall–Kier alpha value is -2.49. The number of hydrogen-bond donors (Lipinski definition) is 2. The lowest BCUT2D eigenvalue weighted by molar-refractivity contribution is -0.339. The molecule has 2 aromatic carbocycles. The summed E-state index contributed by atoms with van der Waals surface area (Å²) >= 11 is 0. The molecule has 8 nitrogen and oxygen atoms in total. The predicted molar refractivity (Wildman–Crippen MR) is 111 cm³/mol. The Morgan fingerprint density at radius 3 is 2.29 bits per heavy atom. The lowest BCUT2D eigenvalue weighted by Gasteiger charge is -2.42. The number of benzene rings is 2. The zero-order chi connectivity index (χ0) is 22.2. The van der Waals surface area contributed by atoms with Gasteiger partial charge in [-0.15, -0.1) is 0 Å². The van der Waals surface area contributed by atoms with E-state index < -0.39 is 31.0 Å². The van der Waals surface area contributed by atoms with Crippen molar-refractivity contribution in [2.45, 2.75) is 57.6 Å². The molecule has 1 aliphatic rings. The van der Waals surface area contributed by atoms with E-state index in [1.807, 2.05) is 60.7 Å². The molecule has 1 amide bonds. The van der Waals surface area contributed by atoms with Gasteiger partial charge in [0.2, 0.25) is 0 Å². The number of ether oxygens (including phenoxy) is 4. The van der Waals surface area contributed by atoms with Crippen LogP contribution in [-0.2, 0) is 32.2 Å². The number of amides is 1. The van der Waals surface area contributed by atoms with Crippen LogP contribution < -0.4 is 0 Å². The standard InChI is InChI=1S/C23H29NO7/c1-16-13-19(24(2)22(26)28-14-17-9-5-3-6-10-17)20(21(25)30-16)31-23(27)29-15-18-11-7-4-8-12-18/h3-12,16,19-21,23,25,27H,13-15H2,1-2H3/t16-,19+,20-,21-,23?/m1/s1. The van der Waals surface area contributed by atoms with E-state index in [0.717, 1.165) is 11.1 Å². The van der Waals surface area contributed by atoms with Crippen LogP contribution in [0, 0.1) is 0 Å². The third-order valence-corrected chi connectivity index (χ3v) is 5.10. The van der Waals surface area contributed by atoms with Crippen LogP contribution in [0.2, 0.25) is 0 Å². The largest absolute Gasteiger partial charge is 0.445 e. The van der Waals surface area contributed by atoms with Gasteiger partial charge in [0.15, 0.2) is 6.29 Å². The van der Waals surface area contributed by atoms with E-state index in [1.165, 1.54) is 4.90 Å². The van der Waals surface area contributed by atoms with Gasteiger partial charge in [-0.25, -0.2) is 4.79 Å². The maximum Gasteiger partial charge on any atom is 0.410 e. The molecule has 1 heterocycles. The average Bonchev–Trinajstić information content (AvgIpc) is 2.78. The number of rotatable bonds is 8. The van der Waals surface area contributed by atoms with Gasteiger partial charge in [0.25, 0.3) is 6.48 Å². The van der Waals surface area contributed by atoms with E-state index in [2.05, 4.69) is 0 Å². The Bertz CT molecular complexity index is 804. The van der Waals surface area contributed by atoms with Crippen LogP contribution in [0.1, 0.15) is 24.5 Å². The van der Waals surface area contributed by atoms with E-state index >= 15 is 0 Å². The van der Waals surface area contributed by atoms with Crippen molar-refractivity contribution in [3.8, 4) is 0 Å². The average molecular weight is 431 g/mol. The predicted octanol–water partition coefficient (Wildman–Crippen LogP) is 2.63. The van der Waals surface area contributed by atoms with Crippen molar-refractivity contribution in [2.75, 3.05) is 7.05 Å². The Kier molecular flexibility index (Phi) is 8.39. The van der Waals surface area contributed by atoms with E-state index in [1.54, 1.807) is 14.0 Å². The van der Waals surface area contributed by atoms with Gasteiger partial charge < -0.3 is 34.1 Å². The molecule has 168 valence electrons. The minimum Gasteiger partial charge on any atom is -0.445 e. The third kappa shape index (κ3) is 6.75. The molecule has 2 N–H and O–H groups in total. The minimum absolute atomic E-state index is 0.125. The van der Waals surface area contributed by atoms with Crippen LogP contribution in [0.25, 0.3) is 0 Å². The maximum atomic E-state index is 12.6. The number of aliphatic hydroxyl groups excluding tert-OH is 2. The van der Waals surface area contributed by atoms with Gasteiger partial charge in [-0.2, -0.15) is 0 Å². The summed E-state index contributed by atoms with van der Waals surface area (Å²) < 4.78 is 21.7. The molecule has 0 saturated carbocycles. The van der Waals surface area contributed by atoms with Crippen molar-refractivity contribution in [3.63, 3.8) is 0 Å². The van der Waals surface area contributed by atoms with E-state index in [0.29, 0.717) is 6.42 Å². The molecule has 1 aliphatic heterocycles. The van der Waals surface area contributed by atoms with Gasteiger partial charge in [-0.1, -0.05) is 60.7 Å². The molecule has 2 aromatic rings. The van der Waals surface area contributed by atoms with Crippen LogP contribution in [0.5, 0.6) is 0 Å². The van der Waals surface area contributed by atoms with Crippen LogP contribution in [0.15, 0.2) is 60.7 Å². The van der Waals surface area contributed by atoms with Crippen LogP contribution in [0.4, 0.5) is 4.79 Å². The number of likely N-dealkylation sites (N-methyl/N-ethyl adjacent to an activating group) is 1. The van der Waals surface area contributed by atoms with Gasteiger partial charge in [-0.3, -0.25) is 0 Å². The summed E-state index contributed by atoms with van der Waals surface area (Å²) in [5.74, 6) is 0. The first-order valence-electron chi connectivity index (χ1n) is 10.2. The van der Waals surface area contributed by atoms with Crippen molar-refractivity contribution in [2.24, 2.45) is 0 Å². The first-order chi connectivity index (χ1) is 14.9. The highest BCUT2D eigenvalue weighted by Gasteiger charge is 2.42. The molecule has 0 radical (unpaired) electrons. The highest BCUT2D eigenvalue weighted by atomic mass is 16.8. The molecule has 8 heteroatoms. The van der Waals surface area contributed by atoms with Crippen LogP contribution in [-0.4, -0.2) is 59.3 Å². The van der Waals surface area contributed by atoms with E-state index in [9.17, 15) is 15.0 Å². The van der Waals surface area contributed by atoms with Gasteiger partial charge in [0.1, 0.15) is 12.7 Å². The summed E-state index contributed by atoms with van der Waals surface area (Å²) in [6.45, 7) is 0.437. The minimum atomic E-state index is -1.60. The molecule has 0 aliphatic carbocycles. The highest BCUT2D eigenvalue weighted by Crippen LogP contribution is 2.26. The monoisotopic (exact) mass is 431 g/mol. The number of carbonyl (C=O) groups excluding carboxylic acids is 1. The summed E-state index contributed by atoms with van der Waals surface area (Å²) in [6, 6.07) is 18.1. The fourth-order valence-electron chi connectivity index (χ4n) is 3.44. The third-order valence-electron chi connectivity index (χ3n) is 5.10. The first-order valence-corrected chi connectivity index (χ1v) is 10.2. The molecule has 1 saturated heterocycles. The fourth-order valence-corrected chi connectivity index (χ4v) is 3.44. The molecular weight excluding hydrogens is 402 g/mol. The highest BCUT2D eigenvalue weighted by molar-refractivity contribution is 5.67. The van der Waals surface area contributed by atoms with E-state index in [4.69, 9.17) is 18.9 Å². The van der Waals surface area contributed by atoms with Crippen molar-refractivity contribution >= 4 is 6.09 Å². The van der Waals surface area contributed by atoms with Crippen molar-refractivity contribution in [1.82, 2.24) is 4.90 Å². The molecule has 5 atom stereocenters. The Balaban J connectivity index is 1.59. The molecule has 0 bridgehead atoms. The smallest absolute Gasteiger partial charge is 0.410 e. The zero-order valence-corrected chi connectivity index (χ0v) is 17.7. The van der Waals surface area contributed by atoms with Gasteiger partial charge in [-0.05, 0) is 24.5 Å². The molecule has 1 unspecified atom stereocenters. The first kappa shape index (κ1) is 23.2. The fraction of sp³-hybridized carbons (Fsp3) is 0.435. The van der Waals surface area contributed by atoms with Gasteiger partial charge in [0.05, 0.1) is 18.8 Å². The number of aliphatic hydroxyl groups is 2. The molecule has 0 aromatic heterocycles. The van der Waals surface area contributed by atoms with Gasteiger partial charge >= 0.3 is 6.09 Å². The quantitative estimate of drug-likeness (QED) is 0.620. The molecule has 0 spiro atoms. The second-order valence-corrected chi connectivity index (χ2v) is 7.50. The Morgan fingerprint density at radius 1 is 1.10 bits per heavy atom. The summed E-state index contributed by atoms with van der Waals surface area (Å²) in [6.07, 6.45) is -2.84. The normalized spacial score (nSPS) is 24.4. The Labute approximate surface area is 181 Å².